The van der Waals surface area contributed by atoms with Gasteiger partial charge in [-0.3, -0.25) is 14.1 Å². The summed E-state index contributed by atoms with van der Waals surface area (Å²) >= 11 is 0. The molecule has 4 aromatic rings. The van der Waals surface area contributed by atoms with Crippen LogP contribution in [0.5, 0.6) is 0 Å². The Bertz CT molecular complexity index is 1320. The van der Waals surface area contributed by atoms with Crippen molar-refractivity contribution in [3.05, 3.63) is 52.7 Å². The molecule has 0 radical (unpaired) electrons. The first-order valence-corrected chi connectivity index (χ1v) is 10.5. The summed E-state index contributed by atoms with van der Waals surface area (Å²) < 4.78 is 9.23. The van der Waals surface area contributed by atoms with Gasteiger partial charge in [-0.2, -0.15) is 0 Å². The molecule has 1 aromatic carbocycles. The Balaban J connectivity index is 1.51. The van der Waals surface area contributed by atoms with E-state index in [0.717, 1.165) is 46.3 Å². The highest BCUT2D eigenvalue weighted by Crippen LogP contribution is 2.28. The second-order valence-electron chi connectivity index (χ2n) is 8.60. The lowest BCUT2D eigenvalue weighted by Crippen LogP contribution is -2.49. The Morgan fingerprint density at radius 2 is 1.87 bits per heavy atom. The summed E-state index contributed by atoms with van der Waals surface area (Å²) in [6.45, 7) is 6.49. The maximum atomic E-state index is 12.8. The van der Waals surface area contributed by atoms with Crippen LogP contribution in [-0.2, 0) is 18.4 Å². The molecule has 4 heterocycles. The fraction of sp³-hybridized carbons (Fsp3) is 0.391. The summed E-state index contributed by atoms with van der Waals surface area (Å²) in [6, 6.07) is 10.1. The molecular weight excluding hydrogens is 392 g/mol. The van der Waals surface area contributed by atoms with Crippen LogP contribution in [0.2, 0.25) is 0 Å². The summed E-state index contributed by atoms with van der Waals surface area (Å²) in [4.78, 5) is 19.6. The van der Waals surface area contributed by atoms with Crippen molar-refractivity contribution < 1.29 is 4.74 Å². The van der Waals surface area contributed by atoms with Gasteiger partial charge in [0, 0.05) is 43.3 Å². The number of aromatic nitrogens is 5. The average molecular weight is 419 g/mol. The molecule has 1 aliphatic rings. The highest BCUT2D eigenvalue weighted by molar-refractivity contribution is 6.02. The number of likely N-dealkylation sites (N-methyl/N-ethyl adjacent to an activating group) is 1. The van der Waals surface area contributed by atoms with Crippen molar-refractivity contribution in [1.82, 2.24) is 29.2 Å². The van der Waals surface area contributed by atoms with E-state index in [9.17, 15) is 4.79 Å². The van der Waals surface area contributed by atoms with Crippen LogP contribution in [-0.4, -0.2) is 55.5 Å². The Morgan fingerprint density at radius 3 is 2.55 bits per heavy atom. The fourth-order valence-corrected chi connectivity index (χ4v) is 4.18. The number of imidazole rings is 1. The molecule has 0 N–H and O–H groups in total. The van der Waals surface area contributed by atoms with Crippen LogP contribution in [0.15, 0.2) is 41.3 Å². The van der Waals surface area contributed by atoms with Gasteiger partial charge in [-0.25, -0.2) is 4.79 Å². The van der Waals surface area contributed by atoms with E-state index in [4.69, 9.17) is 4.74 Å². The van der Waals surface area contributed by atoms with Gasteiger partial charge in [0.2, 0.25) is 0 Å². The van der Waals surface area contributed by atoms with Crippen molar-refractivity contribution in [2.45, 2.75) is 32.6 Å². The molecule has 5 rings (SSSR count). The van der Waals surface area contributed by atoms with Crippen molar-refractivity contribution in [2.24, 2.45) is 7.05 Å². The van der Waals surface area contributed by atoms with Gasteiger partial charge < -0.3 is 9.64 Å². The molecule has 0 amide bonds. The molecule has 8 nitrogen and oxygen atoms in total. The number of rotatable bonds is 5. The van der Waals surface area contributed by atoms with Crippen LogP contribution in [0.1, 0.15) is 25.6 Å². The Hall–Kier alpha value is -3.10. The molecule has 0 saturated carbocycles. The Morgan fingerprint density at radius 1 is 1.10 bits per heavy atom. The quantitative estimate of drug-likeness (QED) is 0.496. The number of hydrogen-bond donors (Lipinski definition) is 0. The largest absolute Gasteiger partial charge is 0.369 e. The molecular formula is C23H26N6O2. The summed E-state index contributed by atoms with van der Waals surface area (Å²) in [5.74, 6) is 0. The first kappa shape index (κ1) is 19.8. The van der Waals surface area contributed by atoms with Crippen molar-refractivity contribution >= 4 is 22.1 Å². The Labute approximate surface area is 180 Å². The van der Waals surface area contributed by atoms with Gasteiger partial charge in [-0.15, -0.1) is 10.2 Å². The number of pyridine rings is 1. The number of benzene rings is 1. The van der Waals surface area contributed by atoms with Crippen molar-refractivity contribution in [3.8, 4) is 11.1 Å². The normalized spacial score (nSPS) is 15.3. The molecule has 8 heteroatoms. The van der Waals surface area contributed by atoms with E-state index in [2.05, 4.69) is 39.3 Å². The van der Waals surface area contributed by atoms with Crippen LogP contribution in [0, 0.1) is 0 Å². The number of ether oxygens (including phenoxy) is 1. The number of fused-ring (bicyclic) bond motifs is 3. The van der Waals surface area contributed by atoms with E-state index in [1.54, 1.807) is 16.2 Å². The molecule has 0 unspecified atom stereocenters. The summed E-state index contributed by atoms with van der Waals surface area (Å²) in [6.07, 6.45) is 2.18. The van der Waals surface area contributed by atoms with E-state index < -0.39 is 0 Å². The second kappa shape index (κ2) is 7.55. The van der Waals surface area contributed by atoms with Gasteiger partial charge in [0.15, 0.2) is 5.65 Å². The van der Waals surface area contributed by atoms with Crippen LogP contribution >= 0.6 is 0 Å². The van der Waals surface area contributed by atoms with E-state index in [1.165, 1.54) is 0 Å². The zero-order valence-electron chi connectivity index (χ0n) is 18.2. The third kappa shape index (κ3) is 3.41. The molecule has 1 aliphatic heterocycles. The summed E-state index contributed by atoms with van der Waals surface area (Å²) in [5, 5.41) is 9.55. The standard InChI is InChI=1S/C23H26N6O2/c1-14(2)29-21-19-9-15(6-8-20(19)25-26-22(21)28(4)23(29)30)16-5-7-17(24-10-16)13-31-18-11-27(3)12-18/h5-10,14,18H,11-13H2,1-4H3. The lowest BCUT2D eigenvalue weighted by atomic mass is 10.0. The van der Waals surface area contributed by atoms with Gasteiger partial charge in [0.05, 0.1) is 23.9 Å². The molecule has 0 atom stereocenters. The highest BCUT2D eigenvalue weighted by atomic mass is 16.5. The molecule has 1 saturated heterocycles. The number of nitrogens with zero attached hydrogens (tertiary/aromatic N) is 6. The van der Waals surface area contributed by atoms with Crippen molar-refractivity contribution in [3.63, 3.8) is 0 Å². The van der Waals surface area contributed by atoms with Gasteiger partial charge in [0.25, 0.3) is 0 Å². The first-order valence-electron chi connectivity index (χ1n) is 10.5. The number of aryl methyl sites for hydroxylation is 1. The predicted octanol–water partition coefficient (Wildman–Crippen LogP) is 2.76. The SMILES string of the molecule is CC(C)n1c(=O)n(C)c2nnc3ccc(-c4ccc(COC5CN(C)C5)nc4)cc3c21. The van der Waals surface area contributed by atoms with Gasteiger partial charge >= 0.3 is 5.69 Å². The van der Waals surface area contributed by atoms with Crippen molar-refractivity contribution in [2.75, 3.05) is 20.1 Å². The van der Waals surface area contributed by atoms with E-state index in [1.807, 2.05) is 38.2 Å². The van der Waals surface area contributed by atoms with E-state index in [0.29, 0.717) is 18.4 Å². The molecule has 3 aromatic heterocycles. The molecule has 31 heavy (non-hydrogen) atoms. The maximum absolute atomic E-state index is 12.8. The van der Waals surface area contributed by atoms with Crippen LogP contribution in [0.4, 0.5) is 0 Å². The highest BCUT2D eigenvalue weighted by Gasteiger charge is 2.23. The summed E-state index contributed by atoms with van der Waals surface area (Å²) in [5.41, 5.74) is 5.04. The van der Waals surface area contributed by atoms with Crippen LogP contribution in [0.25, 0.3) is 33.2 Å². The third-order valence-corrected chi connectivity index (χ3v) is 5.94. The zero-order chi connectivity index (χ0) is 21.7. The van der Waals surface area contributed by atoms with Gasteiger partial charge in [0.1, 0.15) is 5.52 Å². The van der Waals surface area contributed by atoms with E-state index in [-0.39, 0.29) is 11.7 Å². The predicted molar refractivity (Wildman–Crippen MR) is 120 cm³/mol. The second-order valence-corrected chi connectivity index (χ2v) is 8.60. The molecule has 0 bridgehead atoms. The third-order valence-electron chi connectivity index (χ3n) is 5.94. The average Bonchev–Trinajstić information content (AvgIpc) is 3.01. The van der Waals surface area contributed by atoms with Crippen molar-refractivity contribution in [1.29, 1.82) is 0 Å². The number of hydrogen-bond acceptors (Lipinski definition) is 6. The molecule has 1 fully saturated rings. The van der Waals surface area contributed by atoms with Crippen LogP contribution in [0.3, 0.4) is 0 Å². The van der Waals surface area contributed by atoms with Gasteiger partial charge in [-0.1, -0.05) is 12.1 Å². The first-order chi connectivity index (χ1) is 14.9. The monoisotopic (exact) mass is 418 g/mol. The zero-order valence-corrected chi connectivity index (χ0v) is 18.2. The lowest BCUT2D eigenvalue weighted by molar-refractivity contribution is -0.0528. The fourth-order valence-electron chi connectivity index (χ4n) is 4.18. The smallest absolute Gasteiger partial charge is 0.330 e. The Kier molecular flexibility index (Phi) is 4.83. The molecule has 0 aliphatic carbocycles. The van der Waals surface area contributed by atoms with E-state index >= 15 is 0 Å². The lowest BCUT2D eigenvalue weighted by Gasteiger charge is -2.35. The summed E-state index contributed by atoms with van der Waals surface area (Å²) in [7, 11) is 3.83. The minimum absolute atomic E-state index is 0.0173. The molecule has 0 spiro atoms. The maximum Gasteiger partial charge on any atom is 0.330 e. The molecule has 160 valence electrons. The number of likely N-dealkylation sites (tertiary alicyclic amines) is 1. The minimum Gasteiger partial charge on any atom is -0.369 e. The minimum atomic E-state index is -0.0825. The van der Waals surface area contributed by atoms with Crippen LogP contribution < -0.4 is 5.69 Å². The van der Waals surface area contributed by atoms with Gasteiger partial charge in [-0.05, 0) is 44.7 Å². The topological polar surface area (TPSA) is 78.1 Å².